The first-order chi connectivity index (χ1) is 5.61. The number of thiol groups is 1. The van der Waals surface area contributed by atoms with Crippen molar-refractivity contribution >= 4 is 17.9 Å². The lowest BCUT2D eigenvalue weighted by Gasteiger charge is -2.23. The Morgan fingerprint density at radius 3 is 2.83 bits per heavy atom. The van der Waals surface area contributed by atoms with Crippen LogP contribution in [0.15, 0.2) is 0 Å². The minimum Gasteiger partial charge on any atom is -0.331 e. The van der Waals surface area contributed by atoms with Crippen molar-refractivity contribution in [1.29, 1.82) is 0 Å². The van der Waals surface area contributed by atoms with E-state index in [0.29, 0.717) is 12.0 Å². The zero-order valence-electron chi connectivity index (χ0n) is 7.79. The van der Waals surface area contributed by atoms with Crippen LogP contribution in [0.25, 0.3) is 0 Å². The van der Waals surface area contributed by atoms with Gasteiger partial charge in [-0.1, -0.05) is 26.5 Å². The van der Waals surface area contributed by atoms with E-state index in [1.54, 1.807) is 0 Å². The lowest BCUT2D eigenvalue weighted by atomic mass is 10.0. The molecule has 1 aliphatic rings. The molecule has 0 radical (unpaired) electrons. The van der Waals surface area contributed by atoms with E-state index in [1.807, 2.05) is 4.90 Å². The van der Waals surface area contributed by atoms with Crippen molar-refractivity contribution in [3.63, 3.8) is 0 Å². The molecule has 3 heteroatoms. The van der Waals surface area contributed by atoms with Crippen LogP contribution in [0, 0.1) is 5.92 Å². The predicted molar refractivity (Wildman–Crippen MR) is 53.6 cm³/mol. The zero-order valence-corrected chi connectivity index (χ0v) is 8.68. The van der Waals surface area contributed by atoms with Crippen LogP contribution in [-0.4, -0.2) is 22.7 Å². The topological polar surface area (TPSA) is 20.3 Å². The SMILES string of the molecule is CC(C)C[C@H]1CCCN1C(=O)S. The zero-order chi connectivity index (χ0) is 9.14. The van der Waals surface area contributed by atoms with Gasteiger partial charge in [0, 0.05) is 12.6 Å². The highest BCUT2D eigenvalue weighted by atomic mass is 32.1. The molecular formula is C9H17NOS. The van der Waals surface area contributed by atoms with Crippen LogP contribution in [-0.2, 0) is 0 Å². The maximum Gasteiger partial charge on any atom is 0.278 e. The molecule has 0 aromatic heterocycles. The lowest BCUT2D eigenvalue weighted by molar-refractivity contribution is 0.211. The maximum atomic E-state index is 11.0. The number of rotatable bonds is 2. The highest BCUT2D eigenvalue weighted by Crippen LogP contribution is 2.24. The molecule has 0 bridgehead atoms. The smallest absolute Gasteiger partial charge is 0.278 e. The minimum atomic E-state index is -0.0573. The van der Waals surface area contributed by atoms with E-state index < -0.39 is 0 Å². The number of hydrogen-bond donors (Lipinski definition) is 1. The summed E-state index contributed by atoms with van der Waals surface area (Å²) in [5.41, 5.74) is 0. The largest absolute Gasteiger partial charge is 0.331 e. The summed E-state index contributed by atoms with van der Waals surface area (Å²) in [4.78, 5) is 12.9. The number of carbonyl (C=O) groups is 1. The molecule has 0 N–H and O–H groups in total. The third-order valence-electron chi connectivity index (χ3n) is 2.37. The molecule has 0 aromatic rings. The van der Waals surface area contributed by atoms with Crippen LogP contribution in [0.4, 0.5) is 4.79 Å². The van der Waals surface area contributed by atoms with Gasteiger partial charge in [-0.2, -0.15) is 0 Å². The second kappa shape index (κ2) is 4.17. The van der Waals surface area contributed by atoms with Gasteiger partial charge in [0.1, 0.15) is 0 Å². The number of nitrogens with zero attached hydrogens (tertiary/aromatic N) is 1. The van der Waals surface area contributed by atoms with E-state index in [-0.39, 0.29) is 5.24 Å². The predicted octanol–water partition coefficient (Wildman–Crippen LogP) is 2.55. The fourth-order valence-electron chi connectivity index (χ4n) is 1.88. The Kier molecular flexibility index (Phi) is 3.44. The fourth-order valence-corrected chi connectivity index (χ4v) is 2.14. The first-order valence-electron chi connectivity index (χ1n) is 4.61. The second-order valence-electron chi connectivity index (χ2n) is 3.90. The van der Waals surface area contributed by atoms with Gasteiger partial charge in [-0.05, 0) is 25.2 Å². The Labute approximate surface area is 79.7 Å². The van der Waals surface area contributed by atoms with Crippen molar-refractivity contribution in [1.82, 2.24) is 4.90 Å². The summed E-state index contributed by atoms with van der Waals surface area (Å²) in [7, 11) is 0. The molecule has 1 heterocycles. The summed E-state index contributed by atoms with van der Waals surface area (Å²) in [5, 5.41) is -0.0573. The van der Waals surface area contributed by atoms with Gasteiger partial charge in [0.25, 0.3) is 5.24 Å². The van der Waals surface area contributed by atoms with Crippen molar-refractivity contribution in [2.75, 3.05) is 6.54 Å². The summed E-state index contributed by atoms with van der Waals surface area (Å²) in [5.74, 6) is 0.670. The first-order valence-corrected chi connectivity index (χ1v) is 5.05. The highest BCUT2D eigenvalue weighted by Gasteiger charge is 2.26. The van der Waals surface area contributed by atoms with E-state index in [2.05, 4.69) is 26.5 Å². The third-order valence-corrected chi connectivity index (χ3v) is 2.62. The summed E-state index contributed by atoms with van der Waals surface area (Å²) in [6.45, 7) is 5.29. The average Bonchev–Trinajstić information content (AvgIpc) is 2.33. The van der Waals surface area contributed by atoms with E-state index in [1.165, 1.54) is 0 Å². The van der Waals surface area contributed by atoms with Gasteiger partial charge in [0.2, 0.25) is 0 Å². The van der Waals surface area contributed by atoms with E-state index in [9.17, 15) is 4.79 Å². The first kappa shape index (κ1) is 9.90. The number of likely N-dealkylation sites (tertiary alicyclic amines) is 1. The van der Waals surface area contributed by atoms with Crippen molar-refractivity contribution in [2.24, 2.45) is 5.92 Å². The van der Waals surface area contributed by atoms with Crippen molar-refractivity contribution < 1.29 is 4.79 Å². The Morgan fingerprint density at radius 1 is 1.67 bits per heavy atom. The monoisotopic (exact) mass is 187 g/mol. The molecule has 1 amide bonds. The van der Waals surface area contributed by atoms with Gasteiger partial charge >= 0.3 is 0 Å². The van der Waals surface area contributed by atoms with Gasteiger partial charge in [-0.3, -0.25) is 4.79 Å². The summed E-state index contributed by atoms with van der Waals surface area (Å²) in [6, 6.07) is 0.454. The number of carbonyl (C=O) groups excluding carboxylic acids is 1. The highest BCUT2D eigenvalue weighted by molar-refractivity contribution is 7.96. The molecule has 2 nitrogen and oxygen atoms in total. The molecule has 1 fully saturated rings. The average molecular weight is 187 g/mol. The Morgan fingerprint density at radius 2 is 2.33 bits per heavy atom. The van der Waals surface area contributed by atoms with Crippen molar-refractivity contribution in [2.45, 2.75) is 39.2 Å². The Hall–Kier alpha value is -0.180. The second-order valence-corrected chi connectivity index (χ2v) is 4.28. The molecular weight excluding hydrogens is 170 g/mol. The molecule has 0 spiro atoms. The fraction of sp³-hybridized carbons (Fsp3) is 0.889. The molecule has 1 saturated heterocycles. The molecule has 0 aliphatic carbocycles. The summed E-state index contributed by atoms with van der Waals surface area (Å²) < 4.78 is 0. The Balaban J connectivity index is 2.46. The van der Waals surface area contributed by atoms with E-state index in [4.69, 9.17) is 0 Å². The quantitative estimate of drug-likeness (QED) is 0.659. The molecule has 1 rings (SSSR count). The normalized spacial score (nSPS) is 23.7. The molecule has 0 saturated carbocycles. The minimum absolute atomic E-state index is 0.0573. The lowest BCUT2D eigenvalue weighted by Crippen LogP contribution is -2.32. The number of hydrogen-bond acceptors (Lipinski definition) is 1. The molecule has 0 aromatic carbocycles. The van der Waals surface area contributed by atoms with E-state index >= 15 is 0 Å². The van der Waals surface area contributed by atoms with Gasteiger partial charge in [-0.25, -0.2) is 0 Å². The van der Waals surface area contributed by atoms with E-state index in [0.717, 1.165) is 25.8 Å². The summed E-state index contributed by atoms with van der Waals surface area (Å²) >= 11 is 3.86. The van der Waals surface area contributed by atoms with Crippen LogP contribution in [0.2, 0.25) is 0 Å². The third kappa shape index (κ3) is 2.41. The molecule has 70 valence electrons. The van der Waals surface area contributed by atoms with Crippen LogP contribution in [0.3, 0.4) is 0 Å². The number of amides is 1. The van der Waals surface area contributed by atoms with Gasteiger partial charge in [0.15, 0.2) is 0 Å². The van der Waals surface area contributed by atoms with Crippen LogP contribution >= 0.6 is 12.6 Å². The molecule has 12 heavy (non-hydrogen) atoms. The molecule has 0 unspecified atom stereocenters. The standard InChI is InChI=1S/C9H17NOS/c1-7(2)6-8-4-3-5-10(8)9(11)12/h7-8H,3-6H2,1-2H3,(H,11,12)/t8-/m1/s1. The molecule has 1 aliphatic heterocycles. The summed E-state index contributed by atoms with van der Waals surface area (Å²) in [6.07, 6.45) is 3.42. The van der Waals surface area contributed by atoms with Gasteiger partial charge < -0.3 is 4.90 Å². The van der Waals surface area contributed by atoms with Crippen LogP contribution in [0.5, 0.6) is 0 Å². The van der Waals surface area contributed by atoms with Crippen molar-refractivity contribution in [3.8, 4) is 0 Å². The van der Waals surface area contributed by atoms with Crippen LogP contribution in [0.1, 0.15) is 33.1 Å². The Bertz CT molecular complexity index is 170. The van der Waals surface area contributed by atoms with Gasteiger partial charge in [0.05, 0.1) is 0 Å². The van der Waals surface area contributed by atoms with Crippen molar-refractivity contribution in [3.05, 3.63) is 0 Å². The van der Waals surface area contributed by atoms with Crippen LogP contribution < -0.4 is 0 Å². The maximum absolute atomic E-state index is 11.0. The molecule has 1 atom stereocenters. The van der Waals surface area contributed by atoms with Gasteiger partial charge in [-0.15, -0.1) is 0 Å².